The largest absolute Gasteiger partial charge is 0.462 e. The monoisotopic (exact) mass is 209 g/mol. The molecule has 2 aromatic rings. The number of nitrogen functional groups attached to an aromatic ring is 1. The van der Waals surface area contributed by atoms with E-state index in [2.05, 4.69) is 0 Å². The SMILES string of the molecule is CP(C)(=O)c1ccc(N)c2occc12. The summed E-state index contributed by atoms with van der Waals surface area (Å²) in [4.78, 5) is 0. The summed E-state index contributed by atoms with van der Waals surface area (Å²) in [5.74, 6) is 0. The highest BCUT2D eigenvalue weighted by molar-refractivity contribution is 7.70. The lowest BCUT2D eigenvalue weighted by molar-refractivity contribution is 0.588. The quantitative estimate of drug-likeness (QED) is 0.579. The van der Waals surface area contributed by atoms with Gasteiger partial charge < -0.3 is 14.7 Å². The number of furan rings is 1. The smallest absolute Gasteiger partial charge is 0.157 e. The third-order valence-electron chi connectivity index (χ3n) is 2.20. The highest BCUT2D eigenvalue weighted by Crippen LogP contribution is 2.38. The van der Waals surface area contributed by atoms with E-state index in [1.165, 1.54) is 0 Å². The summed E-state index contributed by atoms with van der Waals surface area (Å²) in [5.41, 5.74) is 6.95. The van der Waals surface area contributed by atoms with E-state index >= 15 is 0 Å². The van der Waals surface area contributed by atoms with Gasteiger partial charge in [0.15, 0.2) is 5.58 Å². The van der Waals surface area contributed by atoms with Crippen LogP contribution in [0.3, 0.4) is 0 Å². The average molecular weight is 209 g/mol. The van der Waals surface area contributed by atoms with Gasteiger partial charge in [0.1, 0.15) is 7.14 Å². The standard InChI is InChI=1S/C10H12NO2P/c1-14(2,12)9-4-3-8(11)10-7(9)5-6-13-10/h3-6H,11H2,1-2H3. The van der Waals surface area contributed by atoms with Gasteiger partial charge in [0.05, 0.1) is 12.0 Å². The van der Waals surface area contributed by atoms with Crippen LogP contribution in [0, 0.1) is 0 Å². The molecule has 0 aliphatic heterocycles. The highest BCUT2D eigenvalue weighted by Gasteiger charge is 2.16. The molecule has 1 aromatic carbocycles. The molecule has 2 N–H and O–H groups in total. The van der Waals surface area contributed by atoms with E-state index in [0.29, 0.717) is 11.3 Å². The predicted molar refractivity (Wildman–Crippen MR) is 59.7 cm³/mol. The highest BCUT2D eigenvalue weighted by atomic mass is 31.2. The second kappa shape index (κ2) is 2.89. The fraction of sp³-hybridized carbons (Fsp3) is 0.200. The Morgan fingerprint density at radius 2 is 2.00 bits per heavy atom. The van der Waals surface area contributed by atoms with Crippen molar-refractivity contribution >= 4 is 29.1 Å². The summed E-state index contributed by atoms with van der Waals surface area (Å²) in [6.45, 7) is 3.48. The molecule has 1 heterocycles. The number of hydrogen-bond acceptors (Lipinski definition) is 3. The average Bonchev–Trinajstić information content (AvgIpc) is 2.50. The van der Waals surface area contributed by atoms with Gasteiger partial charge in [-0.1, -0.05) is 0 Å². The van der Waals surface area contributed by atoms with Gasteiger partial charge in [-0.15, -0.1) is 0 Å². The van der Waals surface area contributed by atoms with Crippen LogP contribution in [0.4, 0.5) is 5.69 Å². The molecular formula is C10H12NO2P. The lowest BCUT2D eigenvalue weighted by atomic mass is 10.2. The first-order valence-electron chi connectivity index (χ1n) is 4.31. The first kappa shape index (κ1) is 9.35. The van der Waals surface area contributed by atoms with Crippen LogP contribution in [0.5, 0.6) is 0 Å². The molecule has 0 atom stereocenters. The molecule has 0 aliphatic carbocycles. The molecule has 0 unspecified atom stereocenters. The molecule has 74 valence electrons. The number of anilines is 1. The molecule has 0 radical (unpaired) electrons. The van der Waals surface area contributed by atoms with Crippen LogP contribution in [0.25, 0.3) is 11.0 Å². The van der Waals surface area contributed by atoms with Crippen LogP contribution >= 0.6 is 7.14 Å². The molecule has 1 aromatic heterocycles. The molecule has 0 spiro atoms. The molecule has 0 saturated heterocycles. The Kier molecular flexibility index (Phi) is 1.93. The van der Waals surface area contributed by atoms with Crippen LogP contribution in [0.2, 0.25) is 0 Å². The van der Waals surface area contributed by atoms with Crippen molar-refractivity contribution in [3.8, 4) is 0 Å². The maximum Gasteiger partial charge on any atom is 0.157 e. The lowest BCUT2D eigenvalue weighted by Crippen LogP contribution is -2.04. The molecule has 3 nitrogen and oxygen atoms in total. The number of rotatable bonds is 1. The summed E-state index contributed by atoms with van der Waals surface area (Å²) in [7, 11) is -2.27. The molecule has 0 saturated carbocycles. The van der Waals surface area contributed by atoms with E-state index in [-0.39, 0.29) is 0 Å². The minimum Gasteiger partial charge on any atom is -0.462 e. The zero-order chi connectivity index (χ0) is 10.3. The maximum atomic E-state index is 12.0. The maximum absolute atomic E-state index is 12.0. The molecule has 0 fully saturated rings. The van der Waals surface area contributed by atoms with E-state index in [1.807, 2.05) is 6.07 Å². The summed E-state index contributed by atoms with van der Waals surface area (Å²) >= 11 is 0. The minimum absolute atomic E-state index is 0.585. The van der Waals surface area contributed by atoms with Crippen LogP contribution < -0.4 is 11.0 Å². The van der Waals surface area contributed by atoms with Crippen molar-refractivity contribution < 1.29 is 8.98 Å². The van der Waals surface area contributed by atoms with Crippen molar-refractivity contribution in [1.82, 2.24) is 0 Å². The van der Waals surface area contributed by atoms with Gasteiger partial charge in [-0.2, -0.15) is 0 Å². The normalized spacial score (nSPS) is 12.1. The molecular weight excluding hydrogens is 197 g/mol. The van der Waals surface area contributed by atoms with Crippen molar-refractivity contribution in [2.45, 2.75) is 0 Å². The third kappa shape index (κ3) is 1.34. The fourth-order valence-electron chi connectivity index (χ4n) is 1.54. The predicted octanol–water partition coefficient (Wildman–Crippen LogP) is 2.26. The van der Waals surface area contributed by atoms with E-state index in [0.717, 1.165) is 10.7 Å². The fourth-order valence-corrected chi connectivity index (χ4v) is 2.73. The van der Waals surface area contributed by atoms with Crippen molar-refractivity contribution in [3.05, 3.63) is 24.5 Å². The summed E-state index contributed by atoms with van der Waals surface area (Å²) < 4.78 is 17.2. The summed E-state index contributed by atoms with van der Waals surface area (Å²) in [6.07, 6.45) is 1.57. The molecule has 0 aliphatic rings. The Morgan fingerprint density at radius 1 is 1.29 bits per heavy atom. The van der Waals surface area contributed by atoms with Gasteiger partial charge in [0.2, 0.25) is 0 Å². The molecule has 4 heteroatoms. The zero-order valence-electron chi connectivity index (χ0n) is 8.15. The van der Waals surface area contributed by atoms with Crippen molar-refractivity contribution in [1.29, 1.82) is 0 Å². The zero-order valence-corrected chi connectivity index (χ0v) is 9.04. The number of nitrogens with two attached hydrogens (primary N) is 1. The topological polar surface area (TPSA) is 56.2 Å². The Morgan fingerprint density at radius 3 is 2.64 bits per heavy atom. The van der Waals surface area contributed by atoms with Crippen molar-refractivity contribution in [2.24, 2.45) is 0 Å². The Hall–Kier alpha value is -1.21. The Balaban J connectivity index is 2.86. The third-order valence-corrected chi connectivity index (χ3v) is 3.75. The van der Waals surface area contributed by atoms with Crippen LogP contribution in [0.1, 0.15) is 0 Å². The molecule has 14 heavy (non-hydrogen) atoms. The number of benzene rings is 1. The van der Waals surface area contributed by atoms with Crippen molar-refractivity contribution in [3.63, 3.8) is 0 Å². The summed E-state index contributed by atoms with van der Waals surface area (Å²) in [6, 6.07) is 5.36. The summed E-state index contributed by atoms with van der Waals surface area (Å²) in [5, 5.41) is 1.69. The van der Waals surface area contributed by atoms with Gasteiger partial charge in [-0.05, 0) is 31.5 Å². The molecule has 2 rings (SSSR count). The lowest BCUT2D eigenvalue weighted by Gasteiger charge is -2.08. The minimum atomic E-state index is -2.27. The van der Waals surface area contributed by atoms with E-state index in [4.69, 9.17) is 10.2 Å². The second-order valence-electron chi connectivity index (χ2n) is 3.69. The number of fused-ring (bicyclic) bond motifs is 1. The van der Waals surface area contributed by atoms with Crippen LogP contribution in [-0.4, -0.2) is 13.3 Å². The van der Waals surface area contributed by atoms with Gasteiger partial charge in [-0.3, -0.25) is 0 Å². The van der Waals surface area contributed by atoms with Crippen LogP contribution in [0.15, 0.2) is 28.9 Å². The Labute approximate surface area is 82.3 Å². The van der Waals surface area contributed by atoms with Gasteiger partial charge in [-0.25, -0.2) is 0 Å². The first-order valence-corrected chi connectivity index (χ1v) is 6.91. The van der Waals surface area contributed by atoms with Gasteiger partial charge in [0, 0.05) is 10.7 Å². The number of hydrogen-bond donors (Lipinski definition) is 1. The van der Waals surface area contributed by atoms with E-state index < -0.39 is 7.14 Å². The molecule has 0 bridgehead atoms. The first-order chi connectivity index (χ1) is 6.50. The van der Waals surface area contributed by atoms with Gasteiger partial charge >= 0.3 is 0 Å². The van der Waals surface area contributed by atoms with Crippen LogP contribution in [-0.2, 0) is 4.57 Å². The van der Waals surface area contributed by atoms with E-state index in [1.54, 1.807) is 31.7 Å². The van der Waals surface area contributed by atoms with Crippen molar-refractivity contribution in [2.75, 3.05) is 19.1 Å². The van der Waals surface area contributed by atoms with Gasteiger partial charge in [0.25, 0.3) is 0 Å². The Bertz CT molecular complexity index is 524. The van der Waals surface area contributed by atoms with E-state index in [9.17, 15) is 4.57 Å². The second-order valence-corrected chi connectivity index (χ2v) is 6.87. The molecule has 0 amide bonds.